The van der Waals surface area contributed by atoms with Crippen LogP contribution in [0.4, 0.5) is 38.0 Å². The number of anilines is 2. The maximum atomic E-state index is 13.5. The van der Waals surface area contributed by atoms with E-state index in [2.05, 4.69) is 35.8 Å². The van der Waals surface area contributed by atoms with Gasteiger partial charge in [0.2, 0.25) is 11.8 Å². The third-order valence-corrected chi connectivity index (χ3v) is 17.4. The van der Waals surface area contributed by atoms with Gasteiger partial charge in [0.1, 0.15) is 17.3 Å². The lowest BCUT2D eigenvalue weighted by Gasteiger charge is -2.38. The number of carbonyl (C=O) groups is 2. The van der Waals surface area contributed by atoms with E-state index in [9.17, 15) is 61.2 Å². The third-order valence-electron chi connectivity index (χ3n) is 12.6. The summed E-state index contributed by atoms with van der Waals surface area (Å²) in [6, 6.07) is 11.9. The fraction of sp³-hybridized carbons (Fsp3) is 0.349. The Labute approximate surface area is 405 Å². The van der Waals surface area contributed by atoms with Gasteiger partial charge < -0.3 is 15.6 Å². The van der Waals surface area contributed by atoms with E-state index in [1.54, 1.807) is 48.9 Å². The Kier molecular flexibility index (Phi) is 11.9. The van der Waals surface area contributed by atoms with E-state index in [-0.39, 0.29) is 53.1 Å². The van der Waals surface area contributed by atoms with Gasteiger partial charge in [0.15, 0.2) is 5.65 Å². The number of sulfonamides is 2. The molecule has 8 heterocycles. The lowest BCUT2D eigenvalue weighted by molar-refractivity contribution is -0.118. The molecule has 4 fully saturated rings. The first-order valence-corrected chi connectivity index (χ1v) is 26.4. The number of aromatic amines is 1. The van der Waals surface area contributed by atoms with Crippen molar-refractivity contribution in [1.82, 2.24) is 47.1 Å². The SMILES string of the molecule is Cc1ccc(S(=O)(=O)n2ccc3c(-c4cnn(C5CN(S(=O)(=O)C(F)(F)F)C5)c4)cc(NC(=O)C4CC4)nc32)cc1.O=C(Nc1cc(-c2cnn(C3CN(S(=O)(=O)C(F)(F)F)C3)c2)c2cc[nH]c2n1)C1CC1. The molecule has 6 aromatic heterocycles. The molecule has 0 atom stereocenters. The highest BCUT2D eigenvalue weighted by Gasteiger charge is 2.55. The fourth-order valence-electron chi connectivity index (χ4n) is 8.10. The van der Waals surface area contributed by atoms with Gasteiger partial charge in [0.25, 0.3) is 10.0 Å². The van der Waals surface area contributed by atoms with Crippen molar-refractivity contribution in [3.63, 3.8) is 0 Å². The van der Waals surface area contributed by atoms with Crippen LogP contribution in [0.5, 0.6) is 0 Å². The summed E-state index contributed by atoms with van der Waals surface area (Å²) in [6.07, 6.45) is 12.5. The molecule has 7 aromatic rings. The zero-order chi connectivity index (χ0) is 51.3. The number of amides is 2. The quantitative estimate of drug-likeness (QED) is 0.120. The van der Waals surface area contributed by atoms with E-state index in [1.165, 1.54) is 40.1 Å². The highest BCUT2D eigenvalue weighted by molar-refractivity contribution is 7.90. The minimum absolute atomic E-state index is 0.0156. The third kappa shape index (κ3) is 9.10. The van der Waals surface area contributed by atoms with Gasteiger partial charge in [0, 0.05) is 84.7 Å². The summed E-state index contributed by atoms with van der Waals surface area (Å²) in [5.74, 6) is 0.0695. The second kappa shape index (κ2) is 17.5. The number of halogens is 6. The van der Waals surface area contributed by atoms with Crippen molar-refractivity contribution in [2.45, 2.75) is 60.6 Å². The molecule has 3 N–H and O–H groups in total. The molecule has 0 radical (unpaired) electrons. The van der Waals surface area contributed by atoms with Gasteiger partial charge in [-0.2, -0.15) is 45.2 Å². The first kappa shape index (κ1) is 48.9. The maximum Gasteiger partial charge on any atom is 0.511 e. The normalized spacial score (nSPS) is 17.6. The highest BCUT2D eigenvalue weighted by atomic mass is 32.2. The smallest absolute Gasteiger partial charge is 0.346 e. The first-order valence-electron chi connectivity index (χ1n) is 22.0. The van der Waals surface area contributed by atoms with E-state index in [0.29, 0.717) is 42.2 Å². The molecule has 2 aliphatic heterocycles. The number of benzene rings is 1. The molecule has 380 valence electrons. The number of aromatic nitrogens is 8. The van der Waals surface area contributed by atoms with E-state index in [1.807, 2.05) is 13.0 Å². The molecule has 29 heteroatoms. The van der Waals surface area contributed by atoms with Crippen LogP contribution in [0.25, 0.3) is 44.3 Å². The number of hydrogen-bond donors (Lipinski definition) is 3. The predicted molar refractivity (Wildman–Crippen MR) is 246 cm³/mol. The van der Waals surface area contributed by atoms with Crippen molar-refractivity contribution in [3.05, 3.63) is 91.3 Å². The lowest BCUT2D eigenvalue weighted by Crippen LogP contribution is -2.54. The Morgan fingerprint density at radius 1 is 0.653 bits per heavy atom. The van der Waals surface area contributed by atoms with Crippen LogP contribution in [0.3, 0.4) is 0 Å². The molecule has 0 bridgehead atoms. The van der Waals surface area contributed by atoms with Gasteiger partial charge in [-0.05, 0) is 80.1 Å². The lowest BCUT2D eigenvalue weighted by atomic mass is 10.1. The minimum atomic E-state index is -5.43. The Morgan fingerprint density at radius 2 is 1.12 bits per heavy atom. The molecule has 2 saturated heterocycles. The topological polar surface area (TPSA) is 249 Å². The molecular weight excluding hydrogens is 1020 g/mol. The average Bonchev–Trinajstić information content (AvgIpc) is 4.08. The summed E-state index contributed by atoms with van der Waals surface area (Å²) in [5.41, 5.74) is -6.82. The van der Waals surface area contributed by atoms with Crippen molar-refractivity contribution < 1.29 is 61.2 Å². The molecule has 72 heavy (non-hydrogen) atoms. The number of aryl methyl sites for hydroxylation is 1. The monoisotopic (exact) mass is 1060 g/mol. The van der Waals surface area contributed by atoms with Crippen LogP contribution < -0.4 is 10.6 Å². The molecule has 2 aliphatic carbocycles. The van der Waals surface area contributed by atoms with E-state index >= 15 is 0 Å². The molecule has 0 spiro atoms. The van der Waals surface area contributed by atoms with E-state index in [0.717, 1.165) is 46.2 Å². The van der Waals surface area contributed by atoms with Gasteiger partial charge in [0.05, 0.1) is 29.4 Å². The maximum absolute atomic E-state index is 13.5. The Bertz CT molecular complexity index is 3630. The highest BCUT2D eigenvalue weighted by Crippen LogP contribution is 2.39. The van der Waals surface area contributed by atoms with Crippen LogP contribution in [0.15, 0.2) is 90.6 Å². The second-order valence-corrected chi connectivity index (χ2v) is 23.5. The van der Waals surface area contributed by atoms with Crippen molar-refractivity contribution in [2.24, 2.45) is 11.8 Å². The Hall–Kier alpha value is -6.69. The number of alkyl halides is 6. The number of H-pyrrole nitrogens is 1. The largest absolute Gasteiger partial charge is 0.511 e. The summed E-state index contributed by atoms with van der Waals surface area (Å²) in [5, 5.41) is 15.2. The summed E-state index contributed by atoms with van der Waals surface area (Å²) in [7, 11) is -14.8. The standard InChI is InChI=1S/C25H23F3N6O5S2.C18H17F3N6O3S/c1-15-2-6-19(7-3-15)40(36,37)34-9-8-20-21(10-22(30-23(20)34)31-24(35)16-4-5-16)17-11-29-33(12-17)18-13-32(14-18)41(38,39)25(26,27)28;19-18(20,21)31(29,30)26-8-12(9-26)27-7-11(6-23-27)14-5-15(25-17(28)10-1-2-10)24-16-13(14)3-4-22-16/h2-3,6-12,16,18H,4-5,13-14H2,1H3,(H,30,31,35);3-7,10,12H,1-2,8-9H2,(H2,22,24,25,28). The predicted octanol–water partition coefficient (Wildman–Crippen LogP) is 5.98. The van der Waals surface area contributed by atoms with Crippen LogP contribution in [-0.2, 0) is 39.7 Å². The summed E-state index contributed by atoms with van der Waals surface area (Å²) >= 11 is 0. The number of carbonyl (C=O) groups excluding carboxylic acids is 2. The van der Waals surface area contributed by atoms with E-state index < -0.39 is 66.3 Å². The molecule has 1 aromatic carbocycles. The number of fused-ring (bicyclic) bond motifs is 2. The number of pyridine rings is 2. The minimum Gasteiger partial charge on any atom is -0.346 e. The zero-order valence-electron chi connectivity index (χ0n) is 37.3. The summed E-state index contributed by atoms with van der Waals surface area (Å²) < 4.78 is 154. The van der Waals surface area contributed by atoms with Crippen LogP contribution in [0.1, 0.15) is 43.3 Å². The van der Waals surface area contributed by atoms with Crippen LogP contribution in [0, 0.1) is 18.8 Å². The molecule has 4 aliphatic rings. The van der Waals surface area contributed by atoms with Gasteiger partial charge >= 0.3 is 31.1 Å². The van der Waals surface area contributed by atoms with E-state index in [4.69, 9.17) is 0 Å². The molecule has 11 rings (SSSR count). The number of nitrogens with one attached hydrogen (secondary N) is 3. The van der Waals surface area contributed by atoms with Crippen molar-refractivity contribution in [2.75, 3.05) is 36.8 Å². The van der Waals surface area contributed by atoms with Crippen LogP contribution >= 0.6 is 0 Å². The van der Waals surface area contributed by atoms with Crippen LogP contribution in [0.2, 0.25) is 0 Å². The number of hydrogen-bond acceptors (Lipinski definition) is 12. The van der Waals surface area contributed by atoms with Crippen molar-refractivity contribution in [3.8, 4) is 22.3 Å². The van der Waals surface area contributed by atoms with Gasteiger partial charge in [-0.1, -0.05) is 17.7 Å². The van der Waals surface area contributed by atoms with Crippen molar-refractivity contribution in [1.29, 1.82) is 0 Å². The molecule has 20 nitrogen and oxygen atoms in total. The first-order chi connectivity index (χ1) is 33.9. The average molecular weight is 1060 g/mol. The Balaban J connectivity index is 0.000000172. The molecule has 2 saturated carbocycles. The summed E-state index contributed by atoms with van der Waals surface area (Å²) in [6.45, 7) is 0.426. The molecular formula is C43H40F6N12O8S3. The Morgan fingerprint density at radius 3 is 1.60 bits per heavy atom. The van der Waals surface area contributed by atoms with Gasteiger partial charge in [-0.25, -0.2) is 39.2 Å². The fourth-order valence-corrected chi connectivity index (χ4v) is 11.5. The van der Waals surface area contributed by atoms with Gasteiger partial charge in [-0.15, -0.1) is 0 Å². The summed E-state index contributed by atoms with van der Waals surface area (Å²) in [4.78, 5) is 36.6. The molecule has 2 amide bonds. The number of nitrogens with zero attached hydrogens (tertiary/aromatic N) is 9. The van der Waals surface area contributed by atoms with Gasteiger partial charge in [-0.3, -0.25) is 19.0 Å². The van der Waals surface area contributed by atoms with Crippen LogP contribution in [-0.4, -0.2) is 121 Å². The zero-order valence-corrected chi connectivity index (χ0v) is 39.8. The number of rotatable bonds is 12. The van der Waals surface area contributed by atoms with Crippen molar-refractivity contribution >= 4 is 75.6 Å². The molecule has 0 unspecified atom stereocenters. The second-order valence-electron chi connectivity index (χ2n) is 17.8.